The van der Waals surface area contributed by atoms with Gasteiger partial charge in [-0.1, -0.05) is 60.7 Å². The van der Waals surface area contributed by atoms with Crippen molar-refractivity contribution in [1.82, 2.24) is 20.6 Å². The minimum Gasteiger partial charge on any atom is -0.242 e. The van der Waals surface area contributed by atoms with Gasteiger partial charge in [0.05, 0.1) is 0 Å². The fourth-order valence-corrected chi connectivity index (χ4v) is 2.29. The van der Waals surface area contributed by atoms with Gasteiger partial charge in [-0.15, -0.1) is 4.63 Å². The topological polar surface area (TPSA) is 110 Å². The first kappa shape index (κ1) is 14.7. The van der Waals surface area contributed by atoms with Crippen molar-refractivity contribution in [2.45, 2.75) is 0 Å². The smallest absolute Gasteiger partial charge is 0.242 e. The third-order valence-corrected chi connectivity index (χ3v) is 3.45. The van der Waals surface area contributed by atoms with Crippen LogP contribution in [-0.4, -0.2) is 25.5 Å². The Morgan fingerprint density at radius 3 is 1.96 bits per heavy atom. The van der Waals surface area contributed by atoms with Gasteiger partial charge in [-0.2, -0.15) is 5.43 Å². The second-order valence-corrected chi connectivity index (χ2v) is 5.04. The third-order valence-electron chi connectivity index (χ3n) is 3.45. The molecule has 0 saturated carbocycles. The van der Waals surface area contributed by atoms with Gasteiger partial charge in [-0.25, -0.2) is 4.63 Å². The largest absolute Gasteiger partial charge is 0.466 e. The summed E-state index contributed by atoms with van der Waals surface area (Å²) in [6, 6.07) is 18.3. The maximum atomic E-state index is 12.5. The van der Waals surface area contributed by atoms with Crippen molar-refractivity contribution in [3.05, 3.63) is 65.6 Å². The van der Waals surface area contributed by atoms with Crippen LogP contribution in [0.25, 0.3) is 22.5 Å². The molecule has 4 rings (SSSR count). The van der Waals surface area contributed by atoms with Crippen LogP contribution in [0.4, 0.5) is 11.6 Å². The molecule has 9 heteroatoms. The van der Waals surface area contributed by atoms with Crippen LogP contribution in [0.15, 0.2) is 69.9 Å². The molecule has 0 radical (unpaired) electrons. The molecule has 0 unspecified atom stereocenters. The molecule has 0 spiro atoms. The molecule has 0 fully saturated rings. The minimum absolute atomic E-state index is 0.0341. The normalized spacial score (nSPS) is 10.6. The summed E-state index contributed by atoms with van der Waals surface area (Å²) in [4.78, 5) is 12.9. The van der Waals surface area contributed by atoms with Gasteiger partial charge >= 0.3 is 5.82 Å². The van der Waals surface area contributed by atoms with Crippen LogP contribution in [0.3, 0.4) is 0 Å². The number of anilines is 1. The van der Waals surface area contributed by atoms with E-state index in [1.165, 1.54) is 0 Å². The minimum atomic E-state index is -0.0341. The number of nitroso groups, excluding NO2 is 1. The molecule has 0 atom stereocenters. The number of nitrogens with one attached hydrogen (secondary N) is 1. The van der Waals surface area contributed by atoms with Crippen LogP contribution >= 0.6 is 0 Å². The molecule has 0 aliphatic rings. The van der Waals surface area contributed by atoms with E-state index in [1.807, 2.05) is 48.5 Å². The molecule has 0 saturated heterocycles. The number of hydrogen-bond donors (Lipinski definition) is 1. The molecule has 0 amide bonds. The third kappa shape index (κ3) is 2.85. The number of benzene rings is 2. The Bertz CT molecular complexity index is 997. The van der Waals surface area contributed by atoms with Crippen molar-refractivity contribution in [3.63, 3.8) is 0 Å². The monoisotopic (exact) mass is 335 g/mol. The van der Waals surface area contributed by atoms with Crippen molar-refractivity contribution >= 4 is 11.6 Å². The molecule has 0 aliphatic heterocycles. The second-order valence-electron chi connectivity index (χ2n) is 5.04. The van der Waals surface area contributed by atoms with E-state index >= 15 is 0 Å². The van der Waals surface area contributed by atoms with E-state index in [2.05, 4.69) is 26.1 Å². The molecular weight excluding hydrogens is 324 g/mol. The predicted octanol–water partition coefficient (Wildman–Crippen LogP) is 3.22. The van der Waals surface area contributed by atoms with E-state index < -0.39 is 0 Å². The first-order chi connectivity index (χ1) is 12.3. The SMILES string of the molecule is O=[N+](Nc1nonc1-c1ccccc1)c1nonc1-c1ccccc1. The zero-order valence-corrected chi connectivity index (χ0v) is 12.7. The average molecular weight is 335 g/mol. The van der Waals surface area contributed by atoms with Crippen LogP contribution in [0.2, 0.25) is 0 Å². The van der Waals surface area contributed by atoms with Crippen LogP contribution in [-0.2, 0) is 0 Å². The summed E-state index contributed by atoms with van der Waals surface area (Å²) in [5.41, 5.74) is 4.71. The zero-order valence-electron chi connectivity index (χ0n) is 12.7. The molecule has 2 heterocycles. The van der Waals surface area contributed by atoms with Crippen LogP contribution in [0, 0.1) is 4.91 Å². The zero-order chi connectivity index (χ0) is 17.1. The predicted molar refractivity (Wildman–Crippen MR) is 86.4 cm³/mol. The van der Waals surface area contributed by atoms with E-state index in [-0.39, 0.29) is 11.6 Å². The van der Waals surface area contributed by atoms with Gasteiger partial charge in [0.25, 0.3) is 0 Å². The number of hydrogen-bond acceptors (Lipinski definition) is 7. The lowest BCUT2D eigenvalue weighted by Gasteiger charge is -1.98. The number of nitrogens with zero attached hydrogens (tertiary/aromatic N) is 5. The highest BCUT2D eigenvalue weighted by molar-refractivity contribution is 5.70. The van der Waals surface area contributed by atoms with Crippen LogP contribution < -0.4 is 5.43 Å². The molecule has 9 nitrogen and oxygen atoms in total. The van der Waals surface area contributed by atoms with Gasteiger partial charge in [0.2, 0.25) is 11.5 Å². The van der Waals surface area contributed by atoms with E-state index in [0.29, 0.717) is 21.8 Å². The molecule has 2 aromatic carbocycles. The van der Waals surface area contributed by atoms with Crippen molar-refractivity contribution in [3.8, 4) is 22.5 Å². The molecule has 2 aromatic heterocycles. The molecule has 0 aliphatic carbocycles. The quantitative estimate of drug-likeness (QED) is 0.437. The second kappa shape index (κ2) is 6.32. The van der Waals surface area contributed by atoms with Crippen molar-refractivity contribution < 1.29 is 14.1 Å². The van der Waals surface area contributed by atoms with Crippen molar-refractivity contribution in [1.29, 1.82) is 0 Å². The summed E-state index contributed by atoms with van der Waals surface area (Å²) in [5.74, 6) is 0.122. The summed E-state index contributed by atoms with van der Waals surface area (Å²) >= 11 is 0. The van der Waals surface area contributed by atoms with E-state index in [9.17, 15) is 4.91 Å². The Morgan fingerprint density at radius 1 is 0.720 bits per heavy atom. The molecule has 0 bridgehead atoms. The van der Waals surface area contributed by atoms with E-state index in [1.54, 1.807) is 12.1 Å². The lowest BCUT2D eigenvalue weighted by atomic mass is 10.1. The number of rotatable bonds is 5. The van der Waals surface area contributed by atoms with Gasteiger partial charge < -0.3 is 0 Å². The Labute approximate surface area is 140 Å². The molecule has 25 heavy (non-hydrogen) atoms. The van der Waals surface area contributed by atoms with Crippen molar-refractivity contribution in [2.75, 3.05) is 5.43 Å². The van der Waals surface area contributed by atoms with Crippen molar-refractivity contribution in [2.24, 2.45) is 0 Å². The standard InChI is InChI=1S/C16H11N6O3/c23-22(16-14(19-25-21-16)12-9-5-2-6-10-12)17-15-13(18-24-20-15)11-7-3-1-4-8-11/h1-10H,(H,17,20,23)/q+1. The fraction of sp³-hybridized carbons (Fsp3) is 0. The molecule has 1 N–H and O–H groups in total. The van der Waals surface area contributed by atoms with Gasteiger partial charge in [-0.3, -0.25) is 0 Å². The van der Waals surface area contributed by atoms with E-state index in [4.69, 9.17) is 9.26 Å². The molecule has 4 aromatic rings. The molecule has 122 valence electrons. The Balaban J connectivity index is 1.63. The van der Waals surface area contributed by atoms with E-state index in [0.717, 1.165) is 5.56 Å². The highest BCUT2D eigenvalue weighted by atomic mass is 16.6. The summed E-state index contributed by atoms with van der Waals surface area (Å²) in [6.07, 6.45) is 0. The number of hydrazine groups is 1. The summed E-state index contributed by atoms with van der Waals surface area (Å²) in [5, 5.41) is 15.0. The first-order valence-corrected chi connectivity index (χ1v) is 7.33. The lowest BCUT2D eigenvalue weighted by Crippen LogP contribution is -2.12. The lowest BCUT2D eigenvalue weighted by molar-refractivity contribution is -0.433. The maximum Gasteiger partial charge on any atom is 0.466 e. The van der Waals surface area contributed by atoms with Gasteiger partial charge in [0, 0.05) is 11.1 Å². The maximum absolute atomic E-state index is 12.5. The summed E-state index contributed by atoms with van der Waals surface area (Å²) in [7, 11) is 0. The summed E-state index contributed by atoms with van der Waals surface area (Å²) < 4.78 is 9.46. The number of aromatic nitrogens is 4. The molecular formula is C16H11N6O3+. The van der Waals surface area contributed by atoms with Gasteiger partial charge in [-0.05, 0) is 20.4 Å². The summed E-state index contributed by atoms with van der Waals surface area (Å²) in [6.45, 7) is 0. The highest BCUT2D eigenvalue weighted by Crippen LogP contribution is 2.28. The van der Waals surface area contributed by atoms with Crippen LogP contribution in [0.1, 0.15) is 0 Å². The van der Waals surface area contributed by atoms with Gasteiger partial charge in [0.1, 0.15) is 4.87 Å². The Morgan fingerprint density at radius 2 is 1.28 bits per heavy atom. The fourth-order valence-electron chi connectivity index (χ4n) is 2.29. The highest BCUT2D eigenvalue weighted by Gasteiger charge is 2.30. The van der Waals surface area contributed by atoms with Gasteiger partial charge in [0.15, 0.2) is 10.9 Å². The average Bonchev–Trinajstić information content (AvgIpc) is 3.32. The Hall–Kier alpha value is -3.88. The van der Waals surface area contributed by atoms with Crippen LogP contribution in [0.5, 0.6) is 0 Å². The first-order valence-electron chi connectivity index (χ1n) is 7.33. The Kier molecular flexibility index (Phi) is 3.71.